The molecular formula is C56H86N14O19S. The Balaban J connectivity index is 2.10. The number of carbonyl (C=O) groups is 16. The first-order valence-electron chi connectivity index (χ1n) is 29.0. The smallest absolute Gasteiger partial charge is 0.326 e. The first-order valence-corrected chi connectivity index (χ1v) is 30.4. The zero-order valence-corrected chi connectivity index (χ0v) is 52.1. The molecule has 0 aromatic heterocycles. The number of carboxylic acid groups (broad SMARTS) is 3. The van der Waals surface area contributed by atoms with Crippen molar-refractivity contribution in [3.8, 4) is 0 Å². The molecule has 34 heteroatoms. The molecule has 10 atom stereocenters. The van der Waals surface area contributed by atoms with E-state index in [-0.39, 0.29) is 44.6 Å². The van der Waals surface area contributed by atoms with Gasteiger partial charge in [-0.25, -0.2) is 4.79 Å². The molecule has 18 N–H and O–H groups in total. The fourth-order valence-electron chi connectivity index (χ4n) is 8.94. The van der Waals surface area contributed by atoms with E-state index >= 15 is 0 Å². The van der Waals surface area contributed by atoms with Crippen LogP contribution in [0.1, 0.15) is 98.5 Å². The van der Waals surface area contributed by atoms with Crippen LogP contribution >= 0.6 is 11.8 Å². The zero-order chi connectivity index (χ0) is 67.9. The molecule has 1 fully saturated rings. The molecule has 0 aliphatic carbocycles. The van der Waals surface area contributed by atoms with E-state index in [1.165, 1.54) is 30.5 Å². The number of benzene rings is 1. The topological polar surface area (TPSA) is 521 Å². The molecule has 0 unspecified atom stereocenters. The molecule has 0 saturated carbocycles. The summed E-state index contributed by atoms with van der Waals surface area (Å²) in [5.41, 5.74) is 11.7. The summed E-state index contributed by atoms with van der Waals surface area (Å²) < 4.78 is 0. The van der Waals surface area contributed by atoms with Crippen LogP contribution in [0.25, 0.3) is 0 Å². The largest absolute Gasteiger partial charge is 0.481 e. The molecule has 1 aliphatic heterocycles. The number of thioether (sulfide) groups is 1. The van der Waals surface area contributed by atoms with Gasteiger partial charge in [-0.2, -0.15) is 11.8 Å². The third-order valence-corrected chi connectivity index (χ3v) is 14.5. The third kappa shape index (κ3) is 28.0. The van der Waals surface area contributed by atoms with Gasteiger partial charge < -0.3 is 90.2 Å². The highest BCUT2D eigenvalue weighted by Gasteiger charge is 2.41. The van der Waals surface area contributed by atoms with Gasteiger partial charge in [0.2, 0.25) is 76.8 Å². The first-order chi connectivity index (χ1) is 42.3. The average Bonchev–Trinajstić information content (AvgIpc) is 2.51. The van der Waals surface area contributed by atoms with Crippen molar-refractivity contribution in [2.75, 3.05) is 44.7 Å². The molecule has 1 saturated heterocycles. The number of aliphatic carboxylic acids is 3. The second-order valence-corrected chi connectivity index (χ2v) is 23.1. The Labute approximate surface area is 523 Å². The normalized spacial score (nSPS) is 15.7. The number of nitrogens with two attached hydrogens (primary N) is 2. The summed E-state index contributed by atoms with van der Waals surface area (Å²) in [7, 11) is 0. The number of hydrogen-bond donors (Lipinski definition) is 16. The number of primary amides is 1. The van der Waals surface area contributed by atoms with Crippen LogP contribution in [0.3, 0.4) is 0 Å². The number of nitrogens with zero attached hydrogens (tertiary/aromatic N) is 1. The maximum Gasteiger partial charge on any atom is 0.326 e. The molecule has 2 rings (SSSR count). The summed E-state index contributed by atoms with van der Waals surface area (Å²) in [6.45, 7) is 6.80. The van der Waals surface area contributed by atoms with E-state index < -0.39 is 206 Å². The number of likely N-dealkylation sites (tertiary alicyclic amines) is 1. The molecule has 13 amide bonds. The molecule has 90 heavy (non-hydrogen) atoms. The predicted molar refractivity (Wildman–Crippen MR) is 321 cm³/mol. The number of nitrogens with one attached hydrogen (secondary N) is 11. The second-order valence-electron chi connectivity index (χ2n) is 22.1. The number of carbonyl (C=O) groups excluding carboxylic acids is 13. The van der Waals surface area contributed by atoms with Crippen LogP contribution in [0.4, 0.5) is 0 Å². The van der Waals surface area contributed by atoms with E-state index in [1.807, 2.05) is 0 Å². The lowest BCUT2D eigenvalue weighted by Crippen LogP contribution is -2.61. The van der Waals surface area contributed by atoms with Crippen molar-refractivity contribution in [3.63, 3.8) is 0 Å². The lowest BCUT2D eigenvalue weighted by atomic mass is 9.96. The van der Waals surface area contributed by atoms with Crippen molar-refractivity contribution >= 4 is 106 Å². The lowest BCUT2D eigenvalue weighted by Gasteiger charge is -2.31. The van der Waals surface area contributed by atoms with E-state index in [1.54, 1.807) is 64.3 Å². The van der Waals surface area contributed by atoms with Crippen molar-refractivity contribution in [3.05, 3.63) is 35.9 Å². The number of amides is 13. The third-order valence-electron chi connectivity index (χ3n) is 13.9. The fourth-order valence-corrected chi connectivity index (χ4v) is 9.41. The molecule has 1 aliphatic rings. The van der Waals surface area contributed by atoms with Gasteiger partial charge in [-0.1, -0.05) is 78.3 Å². The highest BCUT2D eigenvalue weighted by Crippen LogP contribution is 2.21. The Kier molecular flexibility index (Phi) is 33.6. The van der Waals surface area contributed by atoms with Gasteiger partial charge in [0.15, 0.2) is 0 Å². The van der Waals surface area contributed by atoms with Gasteiger partial charge in [-0.15, -0.1) is 0 Å². The van der Waals surface area contributed by atoms with Gasteiger partial charge in [0.1, 0.15) is 48.3 Å². The maximum absolute atomic E-state index is 14.1. The summed E-state index contributed by atoms with van der Waals surface area (Å²) in [4.78, 5) is 208. The van der Waals surface area contributed by atoms with Crippen molar-refractivity contribution in [1.29, 1.82) is 0 Å². The van der Waals surface area contributed by atoms with Gasteiger partial charge in [0.25, 0.3) is 0 Å². The molecule has 0 bridgehead atoms. The summed E-state index contributed by atoms with van der Waals surface area (Å²) in [6, 6.07) is -4.21. The fraction of sp³-hybridized carbons (Fsp3) is 0.607. The van der Waals surface area contributed by atoms with Crippen molar-refractivity contribution in [2.24, 2.45) is 29.2 Å². The van der Waals surface area contributed by atoms with Crippen molar-refractivity contribution < 1.29 is 92.0 Å². The van der Waals surface area contributed by atoms with Crippen LogP contribution in [0.15, 0.2) is 30.3 Å². The van der Waals surface area contributed by atoms with Crippen LogP contribution < -0.4 is 70.0 Å². The number of hydrogen-bond acceptors (Lipinski definition) is 18. The minimum absolute atomic E-state index is 0.0419. The number of rotatable bonds is 40. The Morgan fingerprint density at radius 3 is 1.64 bits per heavy atom. The minimum atomic E-state index is -1.83. The van der Waals surface area contributed by atoms with E-state index in [0.29, 0.717) is 17.7 Å². The van der Waals surface area contributed by atoms with Crippen LogP contribution in [-0.4, -0.2) is 214 Å². The first kappa shape index (κ1) is 77.1. The molecule has 1 aromatic rings. The zero-order valence-electron chi connectivity index (χ0n) is 51.3. The molecule has 500 valence electrons. The summed E-state index contributed by atoms with van der Waals surface area (Å²) in [5, 5.41) is 54.1. The Morgan fingerprint density at radius 2 is 1.10 bits per heavy atom. The standard InChI is InChI=1S/C56H86N14O19S/c1-8-30(6)47(69-52(84)38-15-12-17-70(38)55(87)33(16-18-90-7)63-42(74)26-60-48(80)32(57)21-44(76)77)54(86)66-35(22-39(58)71)51(83)68-46(29(4)5)53(85)62-27-43(75)65-36(23-45(78)79)49(81)61-24-40(72)59-25-41(73)64-34(19-28(2)3)50(82)67-37(56(88)89)20-31-13-10-9-11-14-31/h9-11,13-14,28-30,32-38,46-47H,8,12,15-27,57H2,1-7H3,(H2,58,71)(H,59,72)(H,60,80)(H,61,81)(H,62,85)(H,63,74)(H,64,73)(H,65,75)(H,66,86)(H,67,82)(H,68,83)(H,69,84)(H,76,77)(H,78,79)(H,88,89)/t30-,32-,33-,34-,35-,36-,37-,38-,46-,47-/m0/s1. The predicted octanol–water partition coefficient (Wildman–Crippen LogP) is -5.18. The van der Waals surface area contributed by atoms with E-state index in [2.05, 4.69) is 58.5 Å². The van der Waals surface area contributed by atoms with E-state index in [9.17, 15) is 86.9 Å². The SMILES string of the molecule is CC[C@H](C)[C@H](NC(=O)[C@@H]1CCCN1C(=O)[C@H](CCSC)NC(=O)CNC(=O)[C@@H](N)CC(=O)O)C(=O)N[C@@H](CC(N)=O)C(=O)N[C@H](C(=O)NCC(=O)N[C@@H](CC(=O)O)C(=O)NCC(=O)NCC(=O)N[C@@H](CC(C)C)C(=O)N[C@@H](Cc1ccccc1)C(=O)O)C(C)C. The summed E-state index contributed by atoms with van der Waals surface area (Å²) in [5.74, 6) is -17.5. The van der Waals surface area contributed by atoms with Crippen LogP contribution in [0, 0.1) is 17.8 Å². The van der Waals surface area contributed by atoms with Gasteiger partial charge in [-0.3, -0.25) is 71.9 Å². The summed E-state index contributed by atoms with van der Waals surface area (Å²) in [6.07, 6.45) is 0.186. The molecule has 0 spiro atoms. The van der Waals surface area contributed by atoms with Crippen LogP contribution in [0.2, 0.25) is 0 Å². The molecular weight excluding hydrogens is 1200 g/mol. The van der Waals surface area contributed by atoms with Gasteiger partial charge in [0, 0.05) is 13.0 Å². The van der Waals surface area contributed by atoms with Gasteiger partial charge in [-0.05, 0) is 61.0 Å². The van der Waals surface area contributed by atoms with Crippen molar-refractivity contribution in [1.82, 2.24) is 63.4 Å². The highest BCUT2D eigenvalue weighted by molar-refractivity contribution is 7.98. The number of carboxylic acids is 3. The Hall–Kier alpha value is -8.95. The van der Waals surface area contributed by atoms with Gasteiger partial charge >= 0.3 is 17.9 Å². The van der Waals surface area contributed by atoms with Crippen LogP contribution in [-0.2, 0) is 83.1 Å². The monoisotopic (exact) mass is 1290 g/mol. The summed E-state index contributed by atoms with van der Waals surface area (Å²) >= 11 is 1.36. The van der Waals surface area contributed by atoms with Crippen LogP contribution in [0.5, 0.6) is 0 Å². The highest BCUT2D eigenvalue weighted by atomic mass is 32.2. The maximum atomic E-state index is 14.1. The Morgan fingerprint density at radius 1 is 0.578 bits per heavy atom. The van der Waals surface area contributed by atoms with E-state index in [0.717, 1.165) is 0 Å². The second kappa shape index (κ2) is 39.1. The average molecular weight is 1290 g/mol. The Bertz CT molecular complexity index is 2740. The minimum Gasteiger partial charge on any atom is -0.481 e. The quantitative estimate of drug-likeness (QED) is 0.0292. The van der Waals surface area contributed by atoms with E-state index in [4.69, 9.17) is 16.6 Å². The molecule has 33 nitrogen and oxygen atoms in total. The molecule has 1 aromatic carbocycles. The lowest BCUT2D eigenvalue weighted by molar-refractivity contribution is -0.142. The van der Waals surface area contributed by atoms with Gasteiger partial charge in [0.05, 0.1) is 51.5 Å². The molecule has 1 heterocycles. The van der Waals surface area contributed by atoms with Crippen molar-refractivity contribution in [2.45, 2.75) is 154 Å². The molecule has 0 radical (unpaired) electrons.